The van der Waals surface area contributed by atoms with E-state index in [1.54, 1.807) is 25.1 Å². The number of aliphatic imine (C=N–C) groups is 1. The molecule has 0 bridgehead atoms. The maximum atomic E-state index is 13.2. The third-order valence-corrected chi connectivity index (χ3v) is 4.09. The predicted octanol–water partition coefficient (Wildman–Crippen LogP) is 3.44. The fourth-order valence-corrected chi connectivity index (χ4v) is 2.61. The summed E-state index contributed by atoms with van der Waals surface area (Å²) in [4.78, 5) is 28.7. The van der Waals surface area contributed by atoms with Crippen LogP contribution in [0.15, 0.2) is 58.7 Å². The number of aryl methyl sites for hydroxylation is 1. The average molecular weight is 404 g/mol. The summed E-state index contributed by atoms with van der Waals surface area (Å²) in [6.45, 7) is 2.56. The Labute approximate surface area is 166 Å². The van der Waals surface area contributed by atoms with Crippen LogP contribution in [-0.2, 0) is 9.53 Å². The Kier molecular flexibility index (Phi) is 6.89. The van der Waals surface area contributed by atoms with Gasteiger partial charge in [-0.2, -0.15) is 0 Å². The van der Waals surface area contributed by atoms with E-state index in [4.69, 9.17) is 27.8 Å². The van der Waals surface area contributed by atoms with Gasteiger partial charge in [0.05, 0.1) is 10.7 Å². The van der Waals surface area contributed by atoms with E-state index in [9.17, 15) is 14.0 Å². The lowest BCUT2D eigenvalue weighted by atomic mass is 10.1. The van der Waals surface area contributed by atoms with E-state index in [1.165, 1.54) is 31.2 Å². The molecule has 0 radical (unpaired) electrons. The molecular formula is C20H19ClFN3O3. The van der Waals surface area contributed by atoms with Crippen LogP contribution in [0, 0.1) is 12.7 Å². The normalized spacial score (nSPS) is 12.4. The Hall–Kier alpha value is -3.19. The second kappa shape index (κ2) is 9.14. The van der Waals surface area contributed by atoms with Gasteiger partial charge >= 0.3 is 5.97 Å². The number of nitrogens with two attached hydrogens (primary N) is 2. The first kappa shape index (κ1) is 21.1. The minimum absolute atomic E-state index is 0.0659. The molecule has 0 aliphatic heterocycles. The van der Waals surface area contributed by atoms with Crippen LogP contribution in [0.5, 0.6) is 0 Å². The summed E-state index contributed by atoms with van der Waals surface area (Å²) in [5, 5.41) is 0.252. The van der Waals surface area contributed by atoms with Crippen LogP contribution in [0.4, 0.5) is 10.1 Å². The highest BCUT2D eigenvalue weighted by molar-refractivity contribution is 6.34. The van der Waals surface area contributed by atoms with E-state index >= 15 is 0 Å². The molecular weight excluding hydrogens is 385 g/mol. The van der Waals surface area contributed by atoms with E-state index < -0.39 is 24.2 Å². The van der Waals surface area contributed by atoms with Crippen molar-refractivity contribution in [3.05, 3.63) is 75.7 Å². The maximum absolute atomic E-state index is 13.2. The van der Waals surface area contributed by atoms with E-state index in [0.717, 1.165) is 0 Å². The van der Waals surface area contributed by atoms with Crippen LogP contribution in [0.25, 0.3) is 0 Å². The van der Waals surface area contributed by atoms with Crippen molar-refractivity contribution in [3.63, 3.8) is 0 Å². The molecule has 4 N–H and O–H groups in total. The smallest absolute Gasteiger partial charge is 0.344 e. The Morgan fingerprint density at radius 2 is 1.86 bits per heavy atom. The summed E-state index contributed by atoms with van der Waals surface area (Å²) in [5.41, 5.74) is 12.7. The SMILES string of the molecule is CC(N)=C(C(=O)OCC(=O)c1ccccc1Cl)C(N)=Nc1ccc(F)cc1C. The van der Waals surface area contributed by atoms with E-state index in [0.29, 0.717) is 11.3 Å². The number of Topliss-reactive ketones (excluding diaryl/α,β-unsaturated/α-hetero) is 1. The molecule has 0 fully saturated rings. The fraction of sp³-hybridized carbons (Fsp3) is 0.150. The summed E-state index contributed by atoms with van der Waals surface area (Å²) < 4.78 is 18.3. The summed E-state index contributed by atoms with van der Waals surface area (Å²) in [7, 11) is 0. The monoisotopic (exact) mass is 403 g/mol. The first-order valence-corrected chi connectivity index (χ1v) is 8.60. The predicted molar refractivity (Wildman–Crippen MR) is 106 cm³/mol. The number of ketones is 1. The highest BCUT2D eigenvalue weighted by atomic mass is 35.5. The summed E-state index contributed by atoms with van der Waals surface area (Å²) >= 11 is 5.96. The number of allylic oxidation sites excluding steroid dienone is 1. The van der Waals surface area contributed by atoms with Crippen LogP contribution in [0.2, 0.25) is 5.02 Å². The Morgan fingerprint density at radius 3 is 2.46 bits per heavy atom. The van der Waals surface area contributed by atoms with Crippen molar-refractivity contribution in [2.24, 2.45) is 16.5 Å². The molecule has 0 saturated carbocycles. The lowest BCUT2D eigenvalue weighted by Gasteiger charge is -2.10. The van der Waals surface area contributed by atoms with Gasteiger partial charge in [-0.25, -0.2) is 14.2 Å². The highest BCUT2D eigenvalue weighted by Crippen LogP contribution is 2.20. The lowest BCUT2D eigenvalue weighted by molar-refractivity contribution is -0.137. The van der Waals surface area contributed by atoms with Gasteiger partial charge in [-0.05, 0) is 49.7 Å². The van der Waals surface area contributed by atoms with Crippen molar-refractivity contribution in [1.29, 1.82) is 0 Å². The van der Waals surface area contributed by atoms with Gasteiger partial charge in [0, 0.05) is 11.3 Å². The molecule has 2 aromatic rings. The quantitative estimate of drug-likeness (QED) is 0.252. The van der Waals surface area contributed by atoms with Crippen molar-refractivity contribution < 1.29 is 18.7 Å². The van der Waals surface area contributed by atoms with Gasteiger partial charge in [0.25, 0.3) is 0 Å². The zero-order valence-electron chi connectivity index (χ0n) is 15.3. The third kappa shape index (κ3) is 5.17. The van der Waals surface area contributed by atoms with Gasteiger partial charge in [-0.15, -0.1) is 0 Å². The maximum Gasteiger partial charge on any atom is 0.344 e. The third-order valence-electron chi connectivity index (χ3n) is 3.76. The number of esters is 1. The largest absolute Gasteiger partial charge is 0.454 e. The first-order valence-electron chi connectivity index (χ1n) is 8.22. The molecule has 0 atom stereocenters. The van der Waals surface area contributed by atoms with Crippen molar-refractivity contribution >= 4 is 34.9 Å². The number of benzene rings is 2. The van der Waals surface area contributed by atoms with Gasteiger partial charge in [0.2, 0.25) is 5.78 Å². The van der Waals surface area contributed by atoms with E-state index in [-0.39, 0.29) is 27.7 Å². The molecule has 0 aliphatic carbocycles. The standard InChI is InChI=1S/C20H19ClFN3O3/c1-11-9-13(22)7-8-16(11)25-19(24)18(12(2)23)20(27)28-10-17(26)14-5-3-4-6-15(14)21/h3-9H,10,23H2,1-2H3,(H2,24,25). The zero-order valence-corrected chi connectivity index (χ0v) is 16.1. The van der Waals surface area contributed by atoms with Crippen LogP contribution in [-0.4, -0.2) is 24.2 Å². The fourth-order valence-electron chi connectivity index (χ4n) is 2.37. The van der Waals surface area contributed by atoms with Gasteiger partial charge in [-0.1, -0.05) is 23.7 Å². The van der Waals surface area contributed by atoms with Crippen molar-refractivity contribution in [2.75, 3.05) is 6.61 Å². The number of carbonyl (C=O) groups is 2. The van der Waals surface area contributed by atoms with E-state index in [2.05, 4.69) is 4.99 Å². The van der Waals surface area contributed by atoms with Gasteiger partial charge in [0.15, 0.2) is 6.61 Å². The van der Waals surface area contributed by atoms with Crippen LogP contribution >= 0.6 is 11.6 Å². The lowest BCUT2D eigenvalue weighted by Crippen LogP contribution is -2.27. The zero-order chi connectivity index (χ0) is 20.8. The number of amidine groups is 1. The molecule has 2 aromatic carbocycles. The van der Waals surface area contributed by atoms with Crippen molar-refractivity contribution in [1.82, 2.24) is 0 Å². The second-order valence-corrected chi connectivity index (χ2v) is 6.37. The molecule has 0 amide bonds. The minimum Gasteiger partial charge on any atom is -0.454 e. The van der Waals surface area contributed by atoms with Gasteiger partial charge < -0.3 is 16.2 Å². The molecule has 0 saturated heterocycles. The number of nitrogens with zero attached hydrogens (tertiary/aromatic N) is 1. The Balaban J connectivity index is 2.18. The number of ether oxygens (including phenoxy) is 1. The average Bonchev–Trinajstić information content (AvgIpc) is 2.62. The molecule has 8 heteroatoms. The number of hydrogen-bond donors (Lipinski definition) is 2. The topological polar surface area (TPSA) is 108 Å². The van der Waals surface area contributed by atoms with Crippen molar-refractivity contribution in [2.45, 2.75) is 13.8 Å². The molecule has 6 nitrogen and oxygen atoms in total. The molecule has 0 spiro atoms. The molecule has 28 heavy (non-hydrogen) atoms. The molecule has 0 heterocycles. The molecule has 0 unspecified atom stereocenters. The molecule has 146 valence electrons. The number of rotatable bonds is 6. The number of halogens is 2. The summed E-state index contributed by atoms with van der Waals surface area (Å²) in [6.07, 6.45) is 0. The van der Waals surface area contributed by atoms with E-state index in [1.807, 2.05) is 0 Å². The molecule has 0 aliphatic rings. The van der Waals surface area contributed by atoms with Gasteiger partial charge in [0.1, 0.15) is 17.2 Å². The highest BCUT2D eigenvalue weighted by Gasteiger charge is 2.20. The summed E-state index contributed by atoms with van der Waals surface area (Å²) in [5.74, 6) is -2.00. The summed E-state index contributed by atoms with van der Waals surface area (Å²) in [6, 6.07) is 10.3. The molecule has 0 aromatic heterocycles. The first-order chi connectivity index (χ1) is 13.2. The van der Waals surface area contributed by atoms with Crippen LogP contribution in [0.1, 0.15) is 22.8 Å². The van der Waals surface area contributed by atoms with Crippen LogP contribution < -0.4 is 11.5 Å². The number of hydrogen-bond acceptors (Lipinski definition) is 5. The second-order valence-electron chi connectivity index (χ2n) is 5.97. The Bertz CT molecular complexity index is 982. The molecule has 2 rings (SSSR count). The van der Waals surface area contributed by atoms with Crippen LogP contribution in [0.3, 0.4) is 0 Å². The Morgan fingerprint density at radius 1 is 1.18 bits per heavy atom. The minimum atomic E-state index is -0.901. The van der Waals surface area contributed by atoms with Crippen molar-refractivity contribution in [3.8, 4) is 0 Å². The van der Waals surface area contributed by atoms with Gasteiger partial charge in [-0.3, -0.25) is 4.79 Å². The number of carbonyl (C=O) groups excluding carboxylic acids is 2.